The summed E-state index contributed by atoms with van der Waals surface area (Å²) in [5, 5.41) is 12.4. The van der Waals surface area contributed by atoms with Crippen molar-refractivity contribution in [1.29, 1.82) is 5.41 Å². The number of para-hydroxylation sites is 1. The molecule has 8 heteroatoms. The van der Waals surface area contributed by atoms with Gasteiger partial charge in [-0.25, -0.2) is 5.84 Å². The Morgan fingerprint density at radius 1 is 1.07 bits per heavy atom. The highest BCUT2D eigenvalue weighted by atomic mass is 16.1. The number of nitrogen functional groups attached to an aromatic ring is 1. The van der Waals surface area contributed by atoms with E-state index in [9.17, 15) is 4.79 Å². The molecule has 0 atom stereocenters. The van der Waals surface area contributed by atoms with Gasteiger partial charge in [-0.3, -0.25) is 20.2 Å². The summed E-state index contributed by atoms with van der Waals surface area (Å²) in [6.07, 6.45) is 4.62. The van der Waals surface area contributed by atoms with Crippen LogP contribution in [0.15, 0.2) is 85.0 Å². The van der Waals surface area contributed by atoms with Gasteiger partial charge >= 0.3 is 0 Å². The fraction of sp³-hybridized carbons (Fsp3) is 0.0455. The normalized spacial score (nSPS) is 11.0. The van der Waals surface area contributed by atoms with Crippen molar-refractivity contribution in [3.63, 3.8) is 0 Å². The molecule has 1 heterocycles. The Hall–Kier alpha value is -4.17. The number of hydrogen-bond acceptors (Lipinski definition) is 7. The summed E-state index contributed by atoms with van der Waals surface area (Å²) < 4.78 is 0. The van der Waals surface area contributed by atoms with Crippen LogP contribution < -0.4 is 27.6 Å². The monoisotopic (exact) mass is 401 g/mol. The third-order valence-corrected chi connectivity index (χ3v) is 4.43. The molecule has 2 aromatic carbocycles. The van der Waals surface area contributed by atoms with Crippen molar-refractivity contribution < 1.29 is 4.79 Å². The number of nitrogens with two attached hydrogens (primary N) is 3. The maximum absolute atomic E-state index is 12.1. The smallest absolute Gasteiger partial charge is 0.251 e. The second-order valence-electron chi connectivity index (χ2n) is 6.54. The summed E-state index contributed by atoms with van der Waals surface area (Å²) in [5.41, 5.74) is 15.4. The number of anilines is 2. The lowest BCUT2D eigenvalue weighted by Crippen LogP contribution is -2.28. The van der Waals surface area contributed by atoms with Crippen LogP contribution in [0.25, 0.3) is 0 Å². The number of hydrogen-bond donors (Lipinski definition) is 5. The molecule has 0 fully saturated rings. The van der Waals surface area contributed by atoms with E-state index in [4.69, 9.17) is 22.7 Å². The molecule has 0 aliphatic rings. The molecule has 3 aromatic rings. The van der Waals surface area contributed by atoms with Gasteiger partial charge in [0.05, 0.1) is 17.1 Å². The van der Waals surface area contributed by atoms with Crippen molar-refractivity contribution in [2.24, 2.45) is 11.6 Å². The highest BCUT2D eigenvalue weighted by molar-refractivity contribution is 6.13. The number of pyridine rings is 1. The van der Waals surface area contributed by atoms with E-state index in [1.807, 2.05) is 12.1 Å². The minimum Gasteiger partial charge on any atom is -0.398 e. The number of rotatable bonds is 7. The highest BCUT2D eigenvalue weighted by Crippen LogP contribution is 2.16. The molecule has 0 spiro atoms. The van der Waals surface area contributed by atoms with E-state index in [2.05, 4.69) is 10.3 Å². The first-order chi connectivity index (χ1) is 14.5. The van der Waals surface area contributed by atoms with Gasteiger partial charge in [-0.05, 0) is 35.9 Å². The number of allylic oxidation sites excluding steroid dienone is 1. The molecule has 152 valence electrons. The van der Waals surface area contributed by atoms with E-state index in [0.717, 1.165) is 5.56 Å². The van der Waals surface area contributed by atoms with E-state index < -0.39 is 0 Å². The summed E-state index contributed by atoms with van der Waals surface area (Å²) >= 11 is 0. The highest BCUT2D eigenvalue weighted by Gasteiger charge is 2.10. The fourth-order valence-electron chi connectivity index (χ4n) is 2.74. The number of carbonyl (C=O) groups excluding carboxylic acids is 1. The molecule has 0 unspecified atom stereocenters. The molecule has 1 amide bonds. The second kappa shape index (κ2) is 9.35. The Morgan fingerprint density at radius 2 is 1.73 bits per heavy atom. The SMILES string of the molecule is N=C(/C(N)=C/N(N)c1ccc(CNC(=O)c2ccncc2)cc1)c1ccccc1N. The molecule has 8 N–H and O–H groups in total. The van der Waals surface area contributed by atoms with Crippen molar-refractivity contribution in [2.45, 2.75) is 6.54 Å². The number of carbonyl (C=O) groups is 1. The molecule has 0 aliphatic carbocycles. The van der Waals surface area contributed by atoms with Crippen molar-refractivity contribution in [3.8, 4) is 0 Å². The number of benzene rings is 2. The van der Waals surface area contributed by atoms with Crippen LogP contribution in [0.3, 0.4) is 0 Å². The Kier molecular flexibility index (Phi) is 6.41. The van der Waals surface area contributed by atoms with E-state index in [1.54, 1.807) is 60.9 Å². The Labute approximate surface area is 174 Å². The van der Waals surface area contributed by atoms with Crippen LogP contribution in [-0.2, 0) is 6.54 Å². The van der Waals surface area contributed by atoms with Gasteiger partial charge in [-0.2, -0.15) is 0 Å². The van der Waals surface area contributed by atoms with Gasteiger partial charge in [0, 0.05) is 42.0 Å². The lowest BCUT2D eigenvalue weighted by Gasteiger charge is -2.16. The predicted molar refractivity (Wildman–Crippen MR) is 118 cm³/mol. The standard InChI is InChI=1S/C22H23N7O/c23-19-4-2-1-3-18(19)21(25)20(24)14-29(26)17-7-5-15(6-8-17)13-28-22(30)16-9-11-27-12-10-16/h1-12,14,25H,13,23-24,26H2,(H,28,30)/b20-14-,25-21?. The molecule has 30 heavy (non-hydrogen) atoms. The lowest BCUT2D eigenvalue weighted by atomic mass is 10.1. The molecule has 0 bridgehead atoms. The van der Waals surface area contributed by atoms with E-state index >= 15 is 0 Å². The molecule has 8 nitrogen and oxygen atoms in total. The third kappa shape index (κ3) is 5.00. The van der Waals surface area contributed by atoms with E-state index in [-0.39, 0.29) is 17.3 Å². The van der Waals surface area contributed by atoms with Gasteiger partial charge < -0.3 is 16.8 Å². The number of nitrogens with zero attached hydrogens (tertiary/aromatic N) is 2. The molecule has 0 radical (unpaired) electrons. The van der Waals surface area contributed by atoms with E-state index in [0.29, 0.717) is 29.0 Å². The molecule has 0 aliphatic heterocycles. The molecule has 1 aromatic heterocycles. The zero-order chi connectivity index (χ0) is 21.5. The fourth-order valence-corrected chi connectivity index (χ4v) is 2.74. The average molecular weight is 401 g/mol. The first kappa shape index (κ1) is 20.6. The molecular weight excluding hydrogens is 378 g/mol. The zero-order valence-electron chi connectivity index (χ0n) is 16.2. The van der Waals surface area contributed by atoms with Crippen molar-refractivity contribution in [3.05, 3.63) is 102 Å². The zero-order valence-corrected chi connectivity index (χ0v) is 16.2. The lowest BCUT2D eigenvalue weighted by molar-refractivity contribution is 0.0951. The largest absolute Gasteiger partial charge is 0.398 e. The number of amides is 1. The second-order valence-corrected chi connectivity index (χ2v) is 6.54. The summed E-state index contributed by atoms with van der Waals surface area (Å²) in [6, 6.07) is 17.7. The Bertz CT molecular complexity index is 1060. The van der Waals surface area contributed by atoms with Crippen molar-refractivity contribution in [2.75, 3.05) is 10.7 Å². The van der Waals surface area contributed by atoms with Gasteiger partial charge in [0.2, 0.25) is 0 Å². The number of nitrogens with one attached hydrogen (secondary N) is 2. The number of aromatic nitrogens is 1. The molecule has 0 saturated carbocycles. The van der Waals surface area contributed by atoms with Crippen LogP contribution in [-0.4, -0.2) is 16.6 Å². The van der Waals surface area contributed by atoms with Gasteiger partial charge in [-0.1, -0.05) is 30.3 Å². The topological polar surface area (TPSA) is 147 Å². The van der Waals surface area contributed by atoms with Crippen LogP contribution in [0, 0.1) is 5.41 Å². The van der Waals surface area contributed by atoms with Crippen LogP contribution in [0.1, 0.15) is 21.5 Å². The van der Waals surface area contributed by atoms with Gasteiger partial charge in [0.25, 0.3) is 5.91 Å². The third-order valence-electron chi connectivity index (χ3n) is 4.43. The van der Waals surface area contributed by atoms with Crippen LogP contribution in [0.2, 0.25) is 0 Å². The van der Waals surface area contributed by atoms with Crippen LogP contribution in [0.4, 0.5) is 11.4 Å². The van der Waals surface area contributed by atoms with Crippen LogP contribution in [0.5, 0.6) is 0 Å². The Morgan fingerprint density at radius 3 is 2.40 bits per heavy atom. The van der Waals surface area contributed by atoms with Crippen molar-refractivity contribution >= 4 is 23.0 Å². The van der Waals surface area contributed by atoms with Gasteiger partial charge in [0.1, 0.15) is 0 Å². The maximum Gasteiger partial charge on any atom is 0.251 e. The minimum atomic E-state index is -0.170. The quantitative estimate of drug-likeness (QED) is 0.177. The summed E-state index contributed by atoms with van der Waals surface area (Å²) in [7, 11) is 0. The molecular formula is C22H23N7O. The molecule has 0 saturated heterocycles. The van der Waals surface area contributed by atoms with Crippen LogP contribution >= 0.6 is 0 Å². The minimum absolute atomic E-state index is 0.0963. The Balaban J connectivity index is 1.62. The number of hydrazine groups is 1. The van der Waals surface area contributed by atoms with E-state index in [1.165, 1.54) is 11.2 Å². The van der Waals surface area contributed by atoms with Crippen molar-refractivity contribution in [1.82, 2.24) is 10.3 Å². The van der Waals surface area contributed by atoms with Gasteiger partial charge in [0.15, 0.2) is 0 Å². The average Bonchev–Trinajstić information content (AvgIpc) is 2.78. The maximum atomic E-state index is 12.1. The summed E-state index contributed by atoms with van der Waals surface area (Å²) in [5.74, 6) is 5.90. The first-order valence-corrected chi connectivity index (χ1v) is 9.18. The summed E-state index contributed by atoms with van der Waals surface area (Å²) in [6.45, 7) is 0.377. The predicted octanol–water partition coefficient (Wildman–Crippen LogP) is 2.14. The summed E-state index contributed by atoms with van der Waals surface area (Å²) in [4.78, 5) is 16.0. The molecule has 3 rings (SSSR count). The first-order valence-electron chi connectivity index (χ1n) is 9.18. The van der Waals surface area contributed by atoms with Gasteiger partial charge in [-0.15, -0.1) is 0 Å².